The normalized spacial score (nSPS) is 11.5. The van der Waals surface area contributed by atoms with Gasteiger partial charge < -0.3 is 19.5 Å². The van der Waals surface area contributed by atoms with Gasteiger partial charge in [-0.25, -0.2) is 9.59 Å². The molecule has 7 nitrogen and oxygen atoms in total. The zero-order valence-corrected chi connectivity index (χ0v) is 16.3. The quantitative estimate of drug-likeness (QED) is 0.515. The van der Waals surface area contributed by atoms with Crippen LogP contribution in [0.1, 0.15) is 25.5 Å². The summed E-state index contributed by atoms with van der Waals surface area (Å²) in [6, 6.07) is 15.5. The molecule has 7 heteroatoms. The summed E-state index contributed by atoms with van der Waals surface area (Å²) in [7, 11) is 0. The first kappa shape index (κ1) is 21.7. The minimum absolute atomic E-state index is 0.187. The number of para-hydroxylation sites is 2. The van der Waals surface area contributed by atoms with Gasteiger partial charge in [0.1, 0.15) is 5.75 Å². The van der Waals surface area contributed by atoms with E-state index in [1.165, 1.54) is 0 Å². The number of rotatable bonds is 9. The first-order chi connectivity index (χ1) is 14.0. The predicted octanol–water partition coefficient (Wildman–Crippen LogP) is 3.43. The number of amides is 1. The zero-order chi connectivity index (χ0) is 21.1. The van der Waals surface area contributed by atoms with E-state index >= 15 is 0 Å². The van der Waals surface area contributed by atoms with Crippen LogP contribution in [0.2, 0.25) is 0 Å². The lowest BCUT2D eigenvalue weighted by atomic mass is 10.1. The summed E-state index contributed by atoms with van der Waals surface area (Å²) in [6.45, 7) is 4.11. The van der Waals surface area contributed by atoms with Crippen LogP contribution in [0.3, 0.4) is 0 Å². The fourth-order valence-corrected chi connectivity index (χ4v) is 2.43. The zero-order valence-electron chi connectivity index (χ0n) is 16.3. The van der Waals surface area contributed by atoms with Crippen molar-refractivity contribution in [1.29, 1.82) is 0 Å². The lowest BCUT2D eigenvalue weighted by Crippen LogP contribution is -2.25. The molecule has 0 spiro atoms. The molecule has 0 fully saturated rings. The Kier molecular flexibility index (Phi) is 8.44. The van der Waals surface area contributed by atoms with E-state index in [0.717, 1.165) is 12.2 Å². The summed E-state index contributed by atoms with van der Waals surface area (Å²) >= 11 is 0. The average Bonchev–Trinajstić information content (AvgIpc) is 2.73. The molecule has 1 amide bonds. The third-order valence-corrected chi connectivity index (χ3v) is 3.66. The summed E-state index contributed by atoms with van der Waals surface area (Å²) in [4.78, 5) is 36.4. The summed E-state index contributed by atoms with van der Waals surface area (Å²) in [6.07, 6.45) is 0.663. The number of hydrogen-bond donors (Lipinski definition) is 1. The number of hydrogen-bond acceptors (Lipinski definition) is 6. The highest BCUT2D eigenvalue weighted by atomic mass is 16.5. The van der Waals surface area contributed by atoms with Gasteiger partial charge in [0.25, 0.3) is 5.91 Å². The molecule has 2 aromatic carbocycles. The van der Waals surface area contributed by atoms with Crippen molar-refractivity contribution < 1.29 is 28.6 Å². The largest absolute Gasteiger partial charge is 0.492 e. The molecule has 2 aromatic rings. The van der Waals surface area contributed by atoms with Gasteiger partial charge in [0.2, 0.25) is 6.10 Å². The van der Waals surface area contributed by atoms with Crippen LogP contribution < -0.4 is 10.1 Å². The second kappa shape index (κ2) is 11.3. The fourth-order valence-electron chi connectivity index (χ4n) is 2.43. The Bertz CT molecular complexity index is 863. The van der Waals surface area contributed by atoms with E-state index in [2.05, 4.69) is 5.32 Å². The maximum Gasteiger partial charge on any atom is 0.332 e. The van der Waals surface area contributed by atoms with Crippen LogP contribution in [0.4, 0.5) is 5.69 Å². The third kappa shape index (κ3) is 6.80. The second-order valence-corrected chi connectivity index (χ2v) is 5.73. The van der Waals surface area contributed by atoms with Crippen LogP contribution in [0, 0.1) is 0 Å². The Morgan fingerprint density at radius 1 is 0.897 bits per heavy atom. The molecule has 1 atom stereocenters. The number of anilines is 1. The Balaban J connectivity index is 2.19. The van der Waals surface area contributed by atoms with Crippen molar-refractivity contribution in [3.63, 3.8) is 0 Å². The van der Waals surface area contributed by atoms with E-state index in [9.17, 15) is 14.4 Å². The van der Waals surface area contributed by atoms with Crippen LogP contribution in [-0.4, -0.2) is 31.1 Å². The van der Waals surface area contributed by atoms with Crippen molar-refractivity contribution in [2.24, 2.45) is 0 Å². The summed E-state index contributed by atoms with van der Waals surface area (Å²) in [5.74, 6) is -1.57. The molecule has 0 heterocycles. The molecular weight excluding hydrogens is 374 g/mol. The molecule has 0 aromatic heterocycles. The van der Waals surface area contributed by atoms with Crippen molar-refractivity contribution in [2.45, 2.75) is 20.0 Å². The van der Waals surface area contributed by atoms with Gasteiger partial charge in [0.15, 0.2) is 0 Å². The fraction of sp³-hybridized carbons (Fsp3) is 0.227. The molecule has 0 bridgehead atoms. The number of nitrogens with one attached hydrogen (secondary N) is 1. The minimum Gasteiger partial charge on any atom is -0.492 e. The van der Waals surface area contributed by atoms with E-state index in [0.29, 0.717) is 23.6 Å². The maximum atomic E-state index is 12.9. The molecule has 0 saturated heterocycles. The standard InChI is InChI=1S/C22H23NO6/c1-3-27-18-13-9-8-12-17(18)23-22(26)21(16-10-6-5-7-11-16)29-20(25)15-14-19(24)28-4-2/h5-15,21H,3-4H2,1-2H3,(H,23,26)/b15-14+/t21-/m0/s1. The van der Waals surface area contributed by atoms with E-state index in [4.69, 9.17) is 14.2 Å². The lowest BCUT2D eigenvalue weighted by Gasteiger charge is -2.18. The first-order valence-electron chi connectivity index (χ1n) is 9.18. The van der Waals surface area contributed by atoms with Crippen LogP contribution in [0.25, 0.3) is 0 Å². The van der Waals surface area contributed by atoms with Crippen LogP contribution >= 0.6 is 0 Å². The molecular formula is C22H23NO6. The van der Waals surface area contributed by atoms with Crippen LogP contribution in [0.5, 0.6) is 5.75 Å². The van der Waals surface area contributed by atoms with Gasteiger partial charge in [-0.05, 0) is 26.0 Å². The molecule has 0 unspecified atom stereocenters. The molecule has 1 N–H and O–H groups in total. The summed E-state index contributed by atoms with van der Waals surface area (Å²) in [5, 5.41) is 2.73. The molecule has 0 aliphatic heterocycles. The molecule has 0 aliphatic carbocycles. The van der Waals surface area contributed by atoms with E-state index in [1.807, 2.05) is 6.92 Å². The van der Waals surface area contributed by atoms with Crippen molar-refractivity contribution in [2.75, 3.05) is 18.5 Å². The monoisotopic (exact) mass is 397 g/mol. The van der Waals surface area contributed by atoms with Crippen molar-refractivity contribution >= 4 is 23.5 Å². The summed E-state index contributed by atoms with van der Waals surface area (Å²) < 4.78 is 15.5. The van der Waals surface area contributed by atoms with Crippen molar-refractivity contribution in [3.8, 4) is 5.75 Å². The second-order valence-electron chi connectivity index (χ2n) is 5.73. The van der Waals surface area contributed by atoms with Gasteiger partial charge in [-0.1, -0.05) is 42.5 Å². The molecule has 0 saturated carbocycles. The molecule has 152 valence electrons. The Labute approximate surface area is 169 Å². The van der Waals surface area contributed by atoms with Crippen LogP contribution in [-0.2, 0) is 23.9 Å². The topological polar surface area (TPSA) is 90.9 Å². The highest BCUT2D eigenvalue weighted by molar-refractivity contribution is 5.98. The Morgan fingerprint density at radius 3 is 2.24 bits per heavy atom. The van der Waals surface area contributed by atoms with Crippen molar-refractivity contribution in [3.05, 3.63) is 72.3 Å². The van der Waals surface area contributed by atoms with Gasteiger partial charge in [-0.15, -0.1) is 0 Å². The first-order valence-corrected chi connectivity index (χ1v) is 9.18. The number of esters is 2. The highest BCUT2D eigenvalue weighted by Crippen LogP contribution is 2.26. The van der Waals surface area contributed by atoms with E-state index in [1.54, 1.807) is 61.5 Å². The highest BCUT2D eigenvalue weighted by Gasteiger charge is 2.25. The van der Waals surface area contributed by atoms with Crippen molar-refractivity contribution in [1.82, 2.24) is 0 Å². The Morgan fingerprint density at radius 2 is 1.55 bits per heavy atom. The van der Waals surface area contributed by atoms with E-state index in [-0.39, 0.29) is 6.61 Å². The van der Waals surface area contributed by atoms with Crippen LogP contribution in [0.15, 0.2) is 66.7 Å². The van der Waals surface area contributed by atoms with Gasteiger partial charge in [-0.2, -0.15) is 0 Å². The smallest absolute Gasteiger partial charge is 0.332 e. The van der Waals surface area contributed by atoms with E-state index < -0.39 is 23.9 Å². The van der Waals surface area contributed by atoms with Gasteiger partial charge in [0.05, 0.1) is 18.9 Å². The van der Waals surface area contributed by atoms with Gasteiger partial charge in [0, 0.05) is 17.7 Å². The number of benzene rings is 2. The summed E-state index contributed by atoms with van der Waals surface area (Å²) in [5.41, 5.74) is 0.940. The molecule has 0 radical (unpaired) electrons. The molecule has 2 rings (SSSR count). The molecule has 29 heavy (non-hydrogen) atoms. The SMILES string of the molecule is CCOC(=O)/C=C/C(=O)O[C@H](C(=O)Nc1ccccc1OCC)c1ccccc1. The third-order valence-electron chi connectivity index (χ3n) is 3.66. The number of ether oxygens (including phenoxy) is 3. The minimum atomic E-state index is -1.22. The van der Waals surface area contributed by atoms with Gasteiger partial charge >= 0.3 is 11.9 Å². The lowest BCUT2D eigenvalue weighted by molar-refractivity contribution is -0.150. The number of carbonyl (C=O) groups is 3. The van der Waals surface area contributed by atoms with Gasteiger partial charge in [-0.3, -0.25) is 4.79 Å². The predicted molar refractivity (Wildman–Crippen MR) is 107 cm³/mol. The maximum absolute atomic E-state index is 12.9. The average molecular weight is 397 g/mol. The Hall–Kier alpha value is -3.61. The molecule has 0 aliphatic rings. The number of carbonyl (C=O) groups excluding carboxylic acids is 3.